The number of hydrogen-bond acceptors (Lipinski definition) is 7. The van der Waals surface area contributed by atoms with Gasteiger partial charge in [-0.2, -0.15) is 0 Å². The van der Waals surface area contributed by atoms with Gasteiger partial charge in [-0.1, -0.05) is 17.7 Å². The van der Waals surface area contributed by atoms with Crippen molar-refractivity contribution < 1.29 is 14.3 Å². The molecule has 0 spiro atoms. The lowest BCUT2D eigenvalue weighted by molar-refractivity contribution is -0.119. The average Bonchev–Trinajstić information content (AvgIpc) is 3.25. The molecule has 122 valence electrons. The quantitative estimate of drug-likeness (QED) is 0.539. The number of aromatic nitrogens is 2. The highest BCUT2D eigenvalue weighted by molar-refractivity contribution is 7.20. The third-order valence-electron chi connectivity index (χ3n) is 2.81. The number of anilines is 1. The van der Waals surface area contributed by atoms with E-state index in [9.17, 15) is 9.59 Å². The van der Waals surface area contributed by atoms with Crippen LogP contribution in [0.4, 0.5) is 5.69 Å². The first-order valence-electron chi connectivity index (χ1n) is 6.70. The van der Waals surface area contributed by atoms with Crippen LogP contribution in [-0.2, 0) is 9.53 Å². The van der Waals surface area contributed by atoms with E-state index in [4.69, 9.17) is 16.3 Å². The van der Waals surface area contributed by atoms with Crippen LogP contribution in [0.25, 0.3) is 9.88 Å². The summed E-state index contributed by atoms with van der Waals surface area (Å²) >= 11 is 8.72. The van der Waals surface area contributed by atoms with Gasteiger partial charge in [-0.15, -0.1) is 22.7 Å². The molecule has 0 saturated heterocycles. The van der Waals surface area contributed by atoms with Crippen LogP contribution < -0.4 is 5.32 Å². The number of nitrogens with one attached hydrogen (secondary N) is 1. The fourth-order valence-electron chi connectivity index (χ4n) is 1.75. The van der Waals surface area contributed by atoms with E-state index in [0.717, 1.165) is 9.88 Å². The smallest absolute Gasteiger partial charge is 0.358 e. The molecule has 0 fully saturated rings. The third-order valence-corrected chi connectivity index (χ3v) is 5.00. The summed E-state index contributed by atoms with van der Waals surface area (Å²) < 4.78 is 4.97. The molecule has 24 heavy (non-hydrogen) atoms. The van der Waals surface area contributed by atoms with Crippen LogP contribution in [0.2, 0.25) is 5.15 Å². The minimum Gasteiger partial charge on any atom is -0.451 e. The highest BCUT2D eigenvalue weighted by atomic mass is 35.5. The summed E-state index contributed by atoms with van der Waals surface area (Å²) in [6.07, 6.45) is 1.51. The fraction of sp³-hybridized carbons (Fsp3) is 0.0667. The number of nitrogens with zero attached hydrogens (tertiary/aromatic N) is 2. The molecule has 9 heteroatoms. The van der Waals surface area contributed by atoms with E-state index >= 15 is 0 Å². The van der Waals surface area contributed by atoms with Gasteiger partial charge in [0, 0.05) is 11.6 Å². The van der Waals surface area contributed by atoms with Crippen molar-refractivity contribution in [3.8, 4) is 9.88 Å². The molecule has 3 aromatic rings. The normalized spacial score (nSPS) is 10.4. The van der Waals surface area contributed by atoms with Crippen molar-refractivity contribution >= 4 is 51.8 Å². The van der Waals surface area contributed by atoms with Gasteiger partial charge in [-0.3, -0.25) is 4.79 Å². The minimum absolute atomic E-state index is 0.164. The number of esters is 1. The number of amides is 1. The van der Waals surface area contributed by atoms with Gasteiger partial charge in [0.15, 0.2) is 17.5 Å². The Bertz CT molecular complexity index is 864. The molecule has 0 aromatic carbocycles. The van der Waals surface area contributed by atoms with E-state index in [1.807, 2.05) is 17.5 Å². The number of hydrogen-bond donors (Lipinski definition) is 1. The van der Waals surface area contributed by atoms with E-state index in [0.29, 0.717) is 5.69 Å². The van der Waals surface area contributed by atoms with Crippen molar-refractivity contribution in [1.29, 1.82) is 0 Å². The van der Waals surface area contributed by atoms with Crippen LogP contribution in [0.1, 0.15) is 10.5 Å². The molecular formula is C15H10ClN3O3S2. The molecule has 0 unspecified atom stereocenters. The third kappa shape index (κ3) is 3.97. The van der Waals surface area contributed by atoms with Crippen LogP contribution in [-0.4, -0.2) is 28.5 Å². The number of thiazole rings is 1. The van der Waals surface area contributed by atoms with Crippen LogP contribution in [0.3, 0.4) is 0 Å². The van der Waals surface area contributed by atoms with E-state index < -0.39 is 18.5 Å². The zero-order chi connectivity index (χ0) is 16.9. The van der Waals surface area contributed by atoms with E-state index in [1.54, 1.807) is 17.5 Å². The molecule has 0 bridgehead atoms. The number of pyridine rings is 1. The Kier molecular flexibility index (Phi) is 5.19. The first-order chi connectivity index (χ1) is 11.6. The number of carbonyl (C=O) groups is 2. The molecule has 1 N–H and O–H groups in total. The number of rotatable bonds is 5. The SMILES string of the molecule is O=C(COC(=O)c1csc(-c2cccs2)n1)Nc1cccnc1Cl. The molecule has 0 aliphatic rings. The lowest BCUT2D eigenvalue weighted by atomic mass is 10.4. The van der Waals surface area contributed by atoms with Crippen molar-refractivity contribution in [2.45, 2.75) is 0 Å². The van der Waals surface area contributed by atoms with Gasteiger partial charge < -0.3 is 10.1 Å². The van der Waals surface area contributed by atoms with Crippen molar-refractivity contribution in [2.24, 2.45) is 0 Å². The number of thiophene rings is 1. The molecule has 1 amide bonds. The first kappa shape index (κ1) is 16.6. The second-order valence-corrected chi connectivity index (χ2v) is 6.65. The maximum absolute atomic E-state index is 12.0. The summed E-state index contributed by atoms with van der Waals surface area (Å²) in [7, 11) is 0. The maximum Gasteiger partial charge on any atom is 0.358 e. The summed E-state index contributed by atoms with van der Waals surface area (Å²) in [5.74, 6) is -1.16. The zero-order valence-corrected chi connectivity index (χ0v) is 14.5. The molecule has 0 aliphatic heterocycles. The average molecular weight is 380 g/mol. The largest absolute Gasteiger partial charge is 0.451 e. The van der Waals surface area contributed by atoms with Gasteiger partial charge in [0.2, 0.25) is 0 Å². The summed E-state index contributed by atoms with van der Waals surface area (Å²) in [4.78, 5) is 32.8. The van der Waals surface area contributed by atoms with Crippen molar-refractivity contribution in [2.75, 3.05) is 11.9 Å². The molecule has 0 saturated carbocycles. The van der Waals surface area contributed by atoms with Gasteiger partial charge >= 0.3 is 5.97 Å². The van der Waals surface area contributed by atoms with Crippen LogP contribution in [0.15, 0.2) is 41.2 Å². The predicted molar refractivity (Wildman–Crippen MR) is 93.6 cm³/mol. The summed E-state index contributed by atoms with van der Waals surface area (Å²) in [5.41, 5.74) is 0.532. The van der Waals surface area contributed by atoms with Crippen LogP contribution in [0.5, 0.6) is 0 Å². The first-order valence-corrected chi connectivity index (χ1v) is 8.84. The highest BCUT2D eigenvalue weighted by Crippen LogP contribution is 2.27. The van der Waals surface area contributed by atoms with Gasteiger partial charge in [-0.05, 0) is 23.6 Å². The lowest BCUT2D eigenvalue weighted by Gasteiger charge is -2.06. The second-order valence-electron chi connectivity index (χ2n) is 4.48. The Morgan fingerprint density at radius 1 is 1.25 bits per heavy atom. The molecular weight excluding hydrogens is 370 g/mol. The molecule has 3 heterocycles. The minimum atomic E-state index is -0.651. The van der Waals surface area contributed by atoms with Gasteiger partial charge in [0.05, 0.1) is 10.6 Å². The van der Waals surface area contributed by atoms with Gasteiger partial charge in [0.1, 0.15) is 5.01 Å². The van der Waals surface area contributed by atoms with Gasteiger partial charge in [0.25, 0.3) is 5.91 Å². The van der Waals surface area contributed by atoms with Crippen molar-refractivity contribution in [1.82, 2.24) is 9.97 Å². The van der Waals surface area contributed by atoms with Crippen LogP contribution in [0, 0.1) is 0 Å². The molecule has 0 aliphatic carbocycles. The predicted octanol–water partition coefficient (Wildman–Crippen LogP) is 3.72. The van der Waals surface area contributed by atoms with E-state index in [1.165, 1.54) is 28.9 Å². The fourth-order valence-corrected chi connectivity index (χ4v) is 3.52. The molecule has 3 aromatic heterocycles. The van der Waals surface area contributed by atoms with Gasteiger partial charge in [-0.25, -0.2) is 14.8 Å². The van der Waals surface area contributed by atoms with Crippen LogP contribution >= 0.6 is 34.3 Å². The molecule has 0 atom stereocenters. The molecule has 3 rings (SSSR count). The number of halogens is 1. The Labute approximate surface area is 150 Å². The monoisotopic (exact) mass is 379 g/mol. The Morgan fingerprint density at radius 3 is 2.88 bits per heavy atom. The Balaban J connectivity index is 1.56. The standard InChI is InChI=1S/C15H10ClN3O3S2/c16-13-9(3-1-5-17-13)18-12(20)7-22-15(21)10-8-24-14(19-10)11-4-2-6-23-11/h1-6,8H,7H2,(H,18,20). The number of carbonyl (C=O) groups excluding carboxylic acids is 2. The summed E-state index contributed by atoms with van der Waals surface area (Å²) in [6, 6.07) is 7.06. The van der Waals surface area contributed by atoms with Crippen molar-refractivity contribution in [3.05, 3.63) is 52.1 Å². The van der Waals surface area contributed by atoms with E-state index in [2.05, 4.69) is 15.3 Å². The summed E-state index contributed by atoms with van der Waals surface area (Å²) in [5, 5.41) is 6.96. The highest BCUT2D eigenvalue weighted by Gasteiger charge is 2.15. The zero-order valence-electron chi connectivity index (χ0n) is 12.1. The second kappa shape index (κ2) is 7.52. The lowest BCUT2D eigenvalue weighted by Crippen LogP contribution is -2.21. The van der Waals surface area contributed by atoms with Crippen molar-refractivity contribution in [3.63, 3.8) is 0 Å². The Hall–Kier alpha value is -2.29. The summed E-state index contributed by atoms with van der Waals surface area (Å²) in [6.45, 7) is -0.435. The van der Waals surface area contributed by atoms with E-state index in [-0.39, 0.29) is 10.8 Å². The topological polar surface area (TPSA) is 81.2 Å². The molecule has 0 radical (unpaired) electrons. The Morgan fingerprint density at radius 2 is 2.12 bits per heavy atom. The number of ether oxygens (including phenoxy) is 1. The maximum atomic E-state index is 12.0. The molecule has 6 nitrogen and oxygen atoms in total.